The number of nitrogens with zero attached hydrogens (tertiary/aromatic N) is 1. The van der Waals surface area contributed by atoms with E-state index in [2.05, 4.69) is 26.1 Å². The molecular formula is C18H28N2O3. The molecule has 1 aliphatic heterocycles. The number of furan rings is 1. The molecule has 128 valence electrons. The molecule has 0 aromatic carbocycles. The molecular weight excluding hydrogens is 292 g/mol. The molecule has 0 bridgehead atoms. The summed E-state index contributed by atoms with van der Waals surface area (Å²) in [7, 11) is 0. The minimum atomic E-state index is -0.0112. The lowest BCUT2D eigenvalue weighted by Crippen LogP contribution is -2.44. The zero-order valence-electron chi connectivity index (χ0n) is 14.4. The van der Waals surface area contributed by atoms with Gasteiger partial charge in [0.05, 0.1) is 11.8 Å². The maximum atomic E-state index is 12.3. The molecule has 0 aliphatic carbocycles. The van der Waals surface area contributed by atoms with Crippen molar-refractivity contribution in [2.24, 2.45) is 11.8 Å². The van der Waals surface area contributed by atoms with Crippen LogP contribution in [0.3, 0.4) is 0 Å². The van der Waals surface area contributed by atoms with Crippen LogP contribution in [0.5, 0.6) is 0 Å². The van der Waals surface area contributed by atoms with E-state index in [0.29, 0.717) is 24.6 Å². The summed E-state index contributed by atoms with van der Waals surface area (Å²) in [5.74, 6) is 0.802. The van der Waals surface area contributed by atoms with Crippen LogP contribution >= 0.6 is 0 Å². The first kappa shape index (κ1) is 17.6. The van der Waals surface area contributed by atoms with Crippen LogP contribution < -0.4 is 5.32 Å². The molecule has 23 heavy (non-hydrogen) atoms. The lowest BCUT2D eigenvalue weighted by molar-refractivity contribution is -0.127. The normalized spacial score (nSPS) is 17.3. The molecule has 0 unspecified atom stereocenters. The molecule has 5 heteroatoms. The summed E-state index contributed by atoms with van der Waals surface area (Å²) in [6.07, 6.45) is 6.57. The number of hydrogen-bond donors (Lipinski definition) is 1. The Kier molecular flexibility index (Phi) is 6.25. The molecule has 2 amide bonds. The van der Waals surface area contributed by atoms with Crippen LogP contribution in [-0.2, 0) is 4.79 Å². The lowest BCUT2D eigenvalue weighted by Gasteiger charge is -2.31. The number of piperidine rings is 1. The Morgan fingerprint density at radius 3 is 2.52 bits per heavy atom. The van der Waals surface area contributed by atoms with Gasteiger partial charge in [0.1, 0.15) is 6.26 Å². The van der Waals surface area contributed by atoms with Crippen molar-refractivity contribution in [3.63, 3.8) is 0 Å². The lowest BCUT2D eigenvalue weighted by atomic mass is 9.94. The van der Waals surface area contributed by atoms with E-state index in [0.717, 1.165) is 25.7 Å². The molecule has 2 heterocycles. The first-order chi connectivity index (χ1) is 11.0. The summed E-state index contributed by atoms with van der Waals surface area (Å²) >= 11 is 0. The molecule has 2 rings (SSSR count). The van der Waals surface area contributed by atoms with Crippen LogP contribution in [0.4, 0.5) is 0 Å². The van der Waals surface area contributed by atoms with Crippen LogP contribution in [0.2, 0.25) is 0 Å². The number of hydrogen-bond acceptors (Lipinski definition) is 3. The van der Waals surface area contributed by atoms with Gasteiger partial charge in [0.2, 0.25) is 5.91 Å². The van der Waals surface area contributed by atoms with Gasteiger partial charge in [0.15, 0.2) is 0 Å². The minimum Gasteiger partial charge on any atom is -0.472 e. The smallest absolute Gasteiger partial charge is 0.257 e. The van der Waals surface area contributed by atoms with E-state index in [1.54, 1.807) is 11.0 Å². The van der Waals surface area contributed by atoms with Gasteiger partial charge in [0, 0.05) is 25.0 Å². The predicted molar refractivity (Wildman–Crippen MR) is 89.0 cm³/mol. The van der Waals surface area contributed by atoms with Crippen LogP contribution in [-0.4, -0.2) is 35.8 Å². The Bertz CT molecular complexity index is 502. The first-order valence-electron chi connectivity index (χ1n) is 8.59. The monoisotopic (exact) mass is 320 g/mol. The topological polar surface area (TPSA) is 62.6 Å². The van der Waals surface area contributed by atoms with Gasteiger partial charge in [0.25, 0.3) is 5.91 Å². The molecule has 1 fully saturated rings. The van der Waals surface area contributed by atoms with Crippen molar-refractivity contribution in [2.75, 3.05) is 13.1 Å². The van der Waals surface area contributed by atoms with Gasteiger partial charge in [-0.1, -0.05) is 13.8 Å². The fourth-order valence-electron chi connectivity index (χ4n) is 2.93. The Morgan fingerprint density at radius 1 is 1.26 bits per heavy atom. The fourth-order valence-corrected chi connectivity index (χ4v) is 2.93. The molecule has 0 spiro atoms. The second-order valence-corrected chi connectivity index (χ2v) is 6.96. The van der Waals surface area contributed by atoms with Gasteiger partial charge < -0.3 is 14.6 Å². The second kappa shape index (κ2) is 8.18. The third kappa shape index (κ3) is 5.12. The Balaban J connectivity index is 1.75. The zero-order chi connectivity index (χ0) is 16.8. The summed E-state index contributed by atoms with van der Waals surface area (Å²) in [5.41, 5.74) is 0.579. The number of carbonyl (C=O) groups excluding carboxylic acids is 2. The van der Waals surface area contributed by atoms with Crippen molar-refractivity contribution >= 4 is 11.8 Å². The van der Waals surface area contributed by atoms with E-state index >= 15 is 0 Å². The van der Waals surface area contributed by atoms with Gasteiger partial charge >= 0.3 is 0 Å². The molecule has 0 radical (unpaired) electrons. The van der Waals surface area contributed by atoms with Gasteiger partial charge in [-0.25, -0.2) is 0 Å². The average Bonchev–Trinajstić information content (AvgIpc) is 3.06. The quantitative estimate of drug-likeness (QED) is 0.876. The number of amides is 2. The predicted octanol–water partition coefficient (Wildman–Crippen LogP) is 3.07. The van der Waals surface area contributed by atoms with Gasteiger partial charge in [-0.2, -0.15) is 0 Å². The molecule has 1 aliphatic rings. The van der Waals surface area contributed by atoms with Crippen molar-refractivity contribution in [1.29, 1.82) is 0 Å². The third-order valence-electron chi connectivity index (χ3n) is 4.49. The van der Waals surface area contributed by atoms with Gasteiger partial charge in [-0.15, -0.1) is 0 Å². The van der Waals surface area contributed by atoms with E-state index in [9.17, 15) is 9.59 Å². The van der Waals surface area contributed by atoms with Gasteiger partial charge in [-0.05, 0) is 44.6 Å². The first-order valence-corrected chi connectivity index (χ1v) is 8.59. The standard InChI is InChI=1S/C18H28N2O3/c1-13(2)4-5-14(3)19-17(21)15-6-9-20(10-7-15)18(22)16-8-11-23-12-16/h8,11-15H,4-7,9-10H2,1-3H3,(H,19,21)/t14-/m1/s1. The van der Waals surface area contributed by atoms with Crippen LogP contribution in [0.1, 0.15) is 56.8 Å². The highest BCUT2D eigenvalue weighted by Gasteiger charge is 2.28. The molecule has 0 saturated carbocycles. The summed E-state index contributed by atoms with van der Waals surface area (Å²) < 4.78 is 4.96. The van der Waals surface area contributed by atoms with E-state index in [1.807, 2.05) is 0 Å². The van der Waals surface area contributed by atoms with E-state index in [-0.39, 0.29) is 23.8 Å². The van der Waals surface area contributed by atoms with Gasteiger partial charge in [-0.3, -0.25) is 9.59 Å². The summed E-state index contributed by atoms with van der Waals surface area (Å²) in [5, 5.41) is 3.12. The molecule has 1 atom stereocenters. The summed E-state index contributed by atoms with van der Waals surface area (Å²) in [6, 6.07) is 1.90. The molecule has 1 aromatic rings. The maximum absolute atomic E-state index is 12.3. The largest absolute Gasteiger partial charge is 0.472 e. The van der Waals surface area contributed by atoms with Crippen LogP contribution in [0.25, 0.3) is 0 Å². The minimum absolute atomic E-state index is 0.0112. The van der Waals surface area contributed by atoms with Crippen molar-refractivity contribution in [1.82, 2.24) is 10.2 Å². The van der Waals surface area contributed by atoms with Crippen molar-refractivity contribution in [3.8, 4) is 0 Å². The molecule has 1 N–H and O–H groups in total. The highest BCUT2D eigenvalue weighted by atomic mass is 16.3. The van der Waals surface area contributed by atoms with Crippen LogP contribution in [0, 0.1) is 11.8 Å². The second-order valence-electron chi connectivity index (χ2n) is 6.96. The van der Waals surface area contributed by atoms with E-state index in [4.69, 9.17) is 4.42 Å². The van der Waals surface area contributed by atoms with Crippen molar-refractivity contribution in [3.05, 3.63) is 24.2 Å². The Labute approximate surface area is 138 Å². The third-order valence-corrected chi connectivity index (χ3v) is 4.49. The van der Waals surface area contributed by atoms with Crippen LogP contribution in [0.15, 0.2) is 23.0 Å². The van der Waals surface area contributed by atoms with Crippen molar-refractivity contribution < 1.29 is 14.0 Å². The number of likely N-dealkylation sites (tertiary alicyclic amines) is 1. The maximum Gasteiger partial charge on any atom is 0.257 e. The van der Waals surface area contributed by atoms with Crippen molar-refractivity contribution in [2.45, 2.75) is 52.5 Å². The number of carbonyl (C=O) groups is 2. The highest BCUT2D eigenvalue weighted by molar-refractivity contribution is 5.94. The number of rotatable bonds is 6. The summed E-state index contributed by atoms with van der Waals surface area (Å²) in [6.45, 7) is 7.71. The molecule has 1 aromatic heterocycles. The average molecular weight is 320 g/mol. The zero-order valence-corrected chi connectivity index (χ0v) is 14.4. The summed E-state index contributed by atoms with van der Waals surface area (Å²) in [4.78, 5) is 26.4. The molecule has 1 saturated heterocycles. The SMILES string of the molecule is CC(C)CC[C@@H](C)NC(=O)C1CCN(C(=O)c2ccoc2)CC1. The Hall–Kier alpha value is -1.78. The number of nitrogens with one attached hydrogen (secondary N) is 1. The fraction of sp³-hybridized carbons (Fsp3) is 0.667. The molecule has 5 nitrogen and oxygen atoms in total. The van der Waals surface area contributed by atoms with E-state index in [1.165, 1.54) is 12.5 Å². The Morgan fingerprint density at radius 2 is 1.96 bits per heavy atom. The highest BCUT2D eigenvalue weighted by Crippen LogP contribution is 2.20. The van der Waals surface area contributed by atoms with E-state index < -0.39 is 0 Å².